The molecule has 0 spiro atoms. The molecule has 0 aliphatic rings. The average Bonchev–Trinajstić information content (AvgIpc) is 3.19. The van der Waals surface area contributed by atoms with Gasteiger partial charge in [0.1, 0.15) is 11.6 Å². The number of anilines is 2. The van der Waals surface area contributed by atoms with Crippen molar-refractivity contribution in [3.63, 3.8) is 0 Å². The maximum absolute atomic E-state index is 5.37. The molecule has 0 unspecified atom stereocenters. The van der Waals surface area contributed by atoms with Crippen LogP contribution in [0.3, 0.4) is 0 Å². The molecule has 124 valence electrons. The first-order chi connectivity index (χ1) is 12.4. The van der Waals surface area contributed by atoms with Crippen LogP contribution in [-0.4, -0.2) is 15.0 Å². The van der Waals surface area contributed by atoms with Crippen molar-refractivity contribution in [2.75, 3.05) is 10.6 Å². The number of furan rings is 1. The smallest absolute Gasteiger partial charge is 0.225 e. The van der Waals surface area contributed by atoms with Gasteiger partial charge in [-0.15, -0.1) is 0 Å². The number of rotatable bonds is 6. The lowest BCUT2D eigenvalue weighted by Crippen LogP contribution is -2.08. The molecule has 0 radical (unpaired) electrons. The van der Waals surface area contributed by atoms with E-state index in [-0.39, 0.29) is 0 Å². The molecule has 1 aromatic carbocycles. The van der Waals surface area contributed by atoms with Gasteiger partial charge in [0.05, 0.1) is 18.3 Å². The van der Waals surface area contributed by atoms with E-state index in [0.29, 0.717) is 19.0 Å². The Morgan fingerprint density at radius 2 is 1.84 bits per heavy atom. The van der Waals surface area contributed by atoms with Gasteiger partial charge in [0, 0.05) is 24.3 Å². The van der Waals surface area contributed by atoms with Crippen molar-refractivity contribution in [1.29, 1.82) is 0 Å². The first-order valence-electron chi connectivity index (χ1n) is 8.04. The Balaban J connectivity index is 1.59. The molecule has 4 aromatic rings. The van der Waals surface area contributed by atoms with Crippen LogP contribution in [0.5, 0.6) is 0 Å². The molecule has 6 heteroatoms. The van der Waals surface area contributed by atoms with Gasteiger partial charge in [-0.1, -0.05) is 18.2 Å². The Labute approximate surface area is 145 Å². The van der Waals surface area contributed by atoms with E-state index in [1.54, 1.807) is 12.5 Å². The van der Waals surface area contributed by atoms with Gasteiger partial charge in [-0.05, 0) is 35.9 Å². The standard InChI is InChI=1S/C19H17N5O/c1-2-8-17-16(7-1)18(21-13-15-6-4-10-25-15)24-19(23-17)22-12-14-5-3-9-20-11-14/h1-11H,12-13H2,(H2,21,22,23,24). The van der Waals surface area contributed by atoms with E-state index in [4.69, 9.17) is 4.42 Å². The number of fused-ring (bicyclic) bond motifs is 1. The van der Waals surface area contributed by atoms with E-state index >= 15 is 0 Å². The van der Waals surface area contributed by atoms with Crippen LogP contribution in [0.1, 0.15) is 11.3 Å². The zero-order valence-electron chi connectivity index (χ0n) is 13.5. The van der Waals surface area contributed by atoms with E-state index in [9.17, 15) is 0 Å². The Hall–Kier alpha value is -3.41. The largest absolute Gasteiger partial charge is 0.467 e. The maximum Gasteiger partial charge on any atom is 0.225 e. The minimum Gasteiger partial charge on any atom is -0.467 e. The molecule has 0 aliphatic heterocycles. The van der Waals surface area contributed by atoms with Gasteiger partial charge >= 0.3 is 0 Å². The number of nitrogens with one attached hydrogen (secondary N) is 2. The van der Waals surface area contributed by atoms with E-state index < -0.39 is 0 Å². The molecule has 0 fully saturated rings. The molecule has 6 nitrogen and oxygen atoms in total. The second kappa shape index (κ2) is 7.00. The van der Waals surface area contributed by atoms with Crippen LogP contribution < -0.4 is 10.6 Å². The Morgan fingerprint density at radius 3 is 2.68 bits per heavy atom. The van der Waals surface area contributed by atoms with Crippen LogP contribution in [0.2, 0.25) is 0 Å². The number of benzene rings is 1. The third kappa shape index (κ3) is 3.58. The summed E-state index contributed by atoms with van der Waals surface area (Å²) in [6, 6.07) is 15.7. The van der Waals surface area contributed by atoms with Crippen molar-refractivity contribution in [1.82, 2.24) is 15.0 Å². The van der Waals surface area contributed by atoms with E-state index in [2.05, 4.69) is 25.6 Å². The topological polar surface area (TPSA) is 75.9 Å². The van der Waals surface area contributed by atoms with Crippen molar-refractivity contribution in [2.45, 2.75) is 13.1 Å². The Morgan fingerprint density at radius 1 is 0.880 bits per heavy atom. The number of nitrogens with zero attached hydrogens (tertiary/aromatic N) is 3. The van der Waals surface area contributed by atoms with Crippen LogP contribution in [0.25, 0.3) is 10.9 Å². The summed E-state index contributed by atoms with van der Waals surface area (Å²) in [7, 11) is 0. The van der Waals surface area contributed by atoms with Gasteiger partial charge < -0.3 is 15.1 Å². The fraction of sp³-hybridized carbons (Fsp3) is 0.105. The van der Waals surface area contributed by atoms with E-state index in [0.717, 1.165) is 28.0 Å². The summed E-state index contributed by atoms with van der Waals surface area (Å²) in [6.45, 7) is 1.18. The monoisotopic (exact) mass is 331 g/mol. The minimum absolute atomic E-state index is 0.566. The summed E-state index contributed by atoms with van der Waals surface area (Å²) in [5, 5.41) is 7.57. The van der Waals surface area contributed by atoms with Gasteiger partial charge in [0.15, 0.2) is 0 Å². The molecule has 0 amide bonds. The SMILES string of the molecule is c1cncc(CNc2nc(NCc3ccco3)c3ccccc3n2)c1. The number of aromatic nitrogens is 3. The highest BCUT2D eigenvalue weighted by Gasteiger charge is 2.08. The number of pyridine rings is 1. The van der Waals surface area contributed by atoms with Crippen molar-refractivity contribution in [3.8, 4) is 0 Å². The zero-order chi connectivity index (χ0) is 16.9. The molecule has 4 rings (SSSR count). The highest BCUT2D eigenvalue weighted by molar-refractivity contribution is 5.89. The lowest BCUT2D eigenvalue weighted by molar-refractivity contribution is 0.518. The lowest BCUT2D eigenvalue weighted by Gasteiger charge is -2.11. The third-order valence-corrected chi connectivity index (χ3v) is 3.79. The highest BCUT2D eigenvalue weighted by Crippen LogP contribution is 2.22. The van der Waals surface area contributed by atoms with Crippen LogP contribution in [0.15, 0.2) is 71.6 Å². The zero-order valence-corrected chi connectivity index (χ0v) is 13.5. The summed E-state index contributed by atoms with van der Waals surface area (Å²) in [4.78, 5) is 13.3. The van der Waals surface area contributed by atoms with Crippen LogP contribution >= 0.6 is 0 Å². The summed E-state index contributed by atoms with van der Waals surface area (Å²) in [6.07, 6.45) is 5.24. The van der Waals surface area contributed by atoms with Gasteiger partial charge in [-0.3, -0.25) is 4.98 Å². The Bertz CT molecular complexity index is 954. The van der Waals surface area contributed by atoms with Crippen LogP contribution in [-0.2, 0) is 13.1 Å². The van der Waals surface area contributed by atoms with Gasteiger partial charge in [-0.25, -0.2) is 4.98 Å². The molecule has 0 saturated heterocycles. The van der Waals surface area contributed by atoms with Crippen molar-refractivity contribution in [2.24, 2.45) is 0 Å². The molecular weight excluding hydrogens is 314 g/mol. The molecule has 2 N–H and O–H groups in total. The molecular formula is C19H17N5O. The van der Waals surface area contributed by atoms with Crippen molar-refractivity contribution >= 4 is 22.7 Å². The maximum atomic E-state index is 5.37. The minimum atomic E-state index is 0.566. The first-order valence-corrected chi connectivity index (χ1v) is 8.04. The first kappa shape index (κ1) is 15.1. The molecule has 0 bridgehead atoms. The third-order valence-electron chi connectivity index (χ3n) is 3.79. The predicted octanol–water partition coefficient (Wildman–Crippen LogP) is 3.84. The molecule has 0 atom stereocenters. The van der Waals surface area contributed by atoms with Crippen molar-refractivity contribution in [3.05, 3.63) is 78.5 Å². The number of hydrogen-bond donors (Lipinski definition) is 2. The molecule has 0 saturated carbocycles. The molecule has 3 aromatic heterocycles. The van der Waals surface area contributed by atoms with Crippen LogP contribution in [0, 0.1) is 0 Å². The Kier molecular flexibility index (Phi) is 4.24. The van der Waals surface area contributed by atoms with E-state index in [1.807, 2.05) is 54.7 Å². The molecule has 25 heavy (non-hydrogen) atoms. The number of para-hydroxylation sites is 1. The van der Waals surface area contributed by atoms with Crippen molar-refractivity contribution < 1.29 is 4.42 Å². The summed E-state index contributed by atoms with van der Waals surface area (Å²) >= 11 is 0. The quantitative estimate of drug-likeness (QED) is 0.559. The lowest BCUT2D eigenvalue weighted by atomic mass is 10.2. The fourth-order valence-corrected chi connectivity index (χ4v) is 2.56. The summed E-state index contributed by atoms with van der Waals surface area (Å²) < 4.78 is 5.37. The predicted molar refractivity (Wildman–Crippen MR) is 97.1 cm³/mol. The van der Waals surface area contributed by atoms with Gasteiger partial charge in [0.2, 0.25) is 5.95 Å². The molecule has 3 heterocycles. The summed E-state index contributed by atoms with van der Waals surface area (Å²) in [5.74, 6) is 2.20. The number of hydrogen-bond acceptors (Lipinski definition) is 6. The second-order valence-electron chi connectivity index (χ2n) is 5.56. The van der Waals surface area contributed by atoms with Crippen LogP contribution in [0.4, 0.5) is 11.8 Å². The summed E-state index contributed by atoms with van der Waals surface area (Å²) in [5.41, 5.74) is 1.96. The highest BCUT2D eigenvalue weighted by atomic mass is 16.3. The van der Waals surface area contributed by atoms with Gasteiger partial charge in [0.25, 0.3) is 0 Å². The fourth-order valence-electron chi connectivity index (χ4n) is 2.56. The van der Waals surface area contributed by atoms with Gasteiger partial charge in [-0.2, -0.15) is 4.98 Å². The van der Waals surface area contributed by atoms with E-state index in [1.165, 1.54) is 0 Å². The normalized spacial score (nSPS) is 10.7. The average molecular weight is 331 g/mol. The molecule has 0 aliphatic carbocycles. The second-order valence-corrected chi connectivity index (χ2v) is 5.56.